The molecular weight excluding hydrogens is 278 g/mol. The molecule has 0 aliphatic rings. The zero-order valence-corrected chi connectivity index (χ0v) is 11.9. The van der Waals surface area contributed by atoms with Crippen LogP contribution in [0.3, 0.4) is 0 Å². The highest BCUT2D eigenvalue weighted by Crippen LogP contribution is 2.31. The molecule has 0 bridgehead atoms. The topological polar surface area (TPSA) is 68.1 Å². The predicted octanol–water partition coefficient (Wildman–Crippen LogP) is 4.05. The molecule has 2 aromatic rings. The zero-order chi connectivity index (χ0) is 14.7. The van der Waals surface area contributed by atoms with E-state index in [1.165, 1.54) is 6.07 Å². The lowest BCUT2D eigenvalue weighted by molar-refractivity contribution is -0.384. The van der Waals surface area contributed by atoms with E-state index in [2.05, 4.69) is 10.3 Å². The third-order valence-corrected chi connectivity index (χ3v) is 3.28. The van der Waals surface area contributed by atoms with E-state index in [0.29, 0.717) is 28.6 Å². The Morgan fingerprint density at radius 3 is 2.70 bits per heavy atom. The molecule has 0 saturated carbocycles. The Kier molecular flexibility index (Phi) is 4.20. The van der Waals surface area contributed by atoms with Crippen LogP contribution in [-0.4, -0.2) is 16.5 Å². The summed E-state index contributed by atoms with van der Waals surface area (Å²) >= 11 is 6.08. The average Bonchev–Trinajstić information content (AvgIpc) is 2.42. The maximum atomic E-state index is 11.1. The van der Waals surface area contributed by atoms with Crippen LogP contribution in [0.25, 0.3) is 11.3 Å². The standard InChI is InChI=1S/C14H14ClN3O2/c1-3-16-13-7-6-12(18(19)20)14(17-13)10-5-4-9(2)11(15)8-10/h4-8H,3H2,1-2H3,(H,16,17). The molecule has 1 aromatic heterocycles. The van der Waals surface area contributed by atoms with Gasteiger partial charge in [0, 0.05) is 23.2 Å². The molecule has 6 heteroatoms. The molecule has 0 radical (unpaired) electrons. The smallest absolute Gasteiger partial charge is 0.295 e. The molecule has 20 heavy (non-hydrogen) atoms. The summed E-state index contributed by atoms with van der Waals surface area (Å²) in [7, 11) is 0. The van der Waals surface area contributed by atoms with Gasteiger partial charge in [-0.25, -0.2) is 4.98 Å². The van der Waals surface area contributed by atoms with Crippen molar-refractivity contribution in [3.05, 3.63) is 51.0 Å². The summed E-state index contributed by atoms with van der Waals surface area (Å²) in [6.07, 6.45) is 0. The molecule has 0 spiro atoms. The number of nitrogens with zero attached hydrogens (tertiary/aromatic N) is 2. The average molecular weight is 292 g/mol. The maximum Gasteiger partial charge on any atom is 0.295 e. The fraction of sp³-hybridized carbons (Fsp3) is 0.214. The van der Waals surface area contributed by atoms with Gasteiger partial charge in [-0.3, -0.25) is 10.1 Å². The van der Waals surface area contributed by atoms with Gasteiger partial charge in [-0.1, -0.05) is 23.7 Å². The zero-order valence-electron chi connectivity index (χ0n) is 11.2. The van der Waals surface area contributed by atoms with Crippen molar-refractivity contribution in [2.75, 3.05) is 11.9 Å². The van der Waals surface area contributed by atoms with E-state index < -0.39 is 4.92 Å². The second-order valence-corrected chi connectivity index (χ2v) is 4.72. The Labute approximate surface area is 121 Å². The number of rotatable bonds is 4. The minimum absolute atomic E-state index is 0.0356. The summed E-state index contributed by atoms with van der Waals surface area (Å²) < 4.78 is 0. The third kappa shape index (κ3) is 2.88. The quantitative estimate of drug-likeness (QED) is 0.681. The SMILES string of the molecule is CCNc1ccc([N+](=O)[O-])c(-c2ccc(C)c(Cl)c2)n1. The molecule has 0 aliphatic heterocycles. The molecule has 0 aliphatic carbocycles. The van der Waals surface area contributed by atoms with Crippen LogP contribution < -0.4 is 5.32 Å². The van der Waals surface area contributed by atoms with Crippen LogP contribution in [-0.2, 0) is 0 Å². The van der Waals surface area contributed by atoms with Crippen LogP contribution in [0.4, 0.5) is 11.5 Å². The Hall–Kier alpha value is -2.14. The Balaban J connectivity index is 2.59. The summed E-state index contributed by atoms with van der Waals surface area (Å²) in [4.78, 5) is 15.0. The highest BCUT2D eigenvalue weighted by atomic mass is 35.5. The molecule has 5 nitrogen and oxygen atoms in total. The van der Waals surface area contributed by atoms with E-state index in [1.54, 1.807) is 18.2 Å². The number of aryl methyl sites for hydroxylation is 1. The van der Waals surface area contributed by atoms with Gasteiger partial charge in [0.15, 0.2) is 5.69 Å². The van der Waals surface area contributed by atoms with E-state index in [-0.39, 0.29) is 5.69 Å². The van der Waals surface area contributed by atoms with Gasteiger partial charge in [-0.2, -0.15) is 0 Å². The molecule has 0 atom stereocenters. The van der Waals surface area contributed by atoms with Crippen molar-refractivity contribution in [1.82, 2.24) is 4.98 Å². The van der Waals surface area contributed by atoms with E-state index in [9.17, 15) is 10.1 Å². The third-order valence-electron chi connectivity index (χ3n) is 2.87. The van der Waals surface area contributed by atoms with Gasteiger partial charge >= 0.3 is 0 Å². The van der Waals surface area contributed by atoms with Crippen LogP contribution in [0.2, 0.25) is 5.02 Å². The summed E-state index contributed by atoms with van der Waals surface area (Å²) in [5.41, 5.74) is 1.83. The lowest BCUT2D eigenvalue weighted by atomic mass is 10.1. The Morgan fingerprint density at radius 1 is 1.35 bits per heavy atom. The Bertz CT molecular complexity index is 659. The normalized spacial score (nSPS) is 10.3. The summed E-state index contributed by atoms with van der Waals surface area (Å²) in [6, 6.07) is 8.35. The van der Waals surface area contributed by atoms with E-state index in [4.69, 9.17) is 11.6 Å². The molecule has 2 rings (SSSR count). The second-order valence-electron chi connectivity index (χ2n) is 4.32. The van der Waals surface area contributed by atoms with Crippen molar-refractivity contribution in [1.29, 1.82) is 0 Å². The van der Waals surface area contributed by atoms with Crippen LogP contribution in [0.1, 0.15) is 12.5 Å². The van der Waals surface area contributed by atoms with Crippen LogP contribution in [0.15, 0.2) is 30.3 Å². The fourth-order valence-corrected chi connectivity index (χ4v) is 2.01. The summed E-state index contributed by atoms with van der Waals surface area (Å²) in [6.45, 7) is 4.51. The lowest BCUT2D eigenvalue weighted by Gasteiger charge is -2.08. The number of pyridine rings is 1. The van der Waals surface area contributed by atoms with Crippen LogP contribution in [0, 0.1) is 17.0 Å². The molecule has 1 N–H and O–H groups in total. The number of benzene rings is 1. The summed E-state index contributed by atoms with van der Waals surface area (Å²) in [5.74, 6) is 0.602. The van der Waals surface area contributed by atoms with Gasteiger partial charge in [0.2, 0.25) is 0 Å². The van der Waals surface area contributed by atoms with Gasteiger partial charge in [-0.15, -0.1) is 0 Å². The minimum atomic E-state index is -0.439. The van der Waals surface area contributed by atoms with Gasteiger partial charge in [-0.05, 0) is 31.5 Å². The first-order valence-corrected chi connectivity index (χ1v) is 6.56. The van der Waals surface area contributed by atoms with Crippen molar-refractivity contribution in [2.45, 2.75) is 13.8 Å². The van der Waals surface area contributed by atoms with Gasteiger partial charge in [0.1, 0.15) is 5.82 Å². The molecule has 1 heterocycles. The number of nitro groups is 1. The predicted molar refractivity (Wildman–Crippen MR) is 80.2 cm³/mol. The molecule has 1 aromatic carbocycles. The van der Waals surface area contributed by atoms with Gasteiger partial charge in [0.25, 0.3) is 5.69 Å². The fourth-order valence-electron chi connectivity index (χ4n) is 1.83. The van der Waals surface area contributed by atoms with Crippen molar-refractivity contribution in [3.8, 4) is 11.3 Å². The minimum Gasteiger partial charge on any atom is -0.370 e. The van der Waals surface area contributed by atoms with Crippen molar-refractivity contribution in [3.63, 3.8) is 0 Å². The number of halogens is 1. The molecule has 0 saturated heterocycles. The van der Waals surface area contributed by atoms with E-state index in [0.717, 1.165) is 5.56 Å². The molecule has 0 unspecified atom stereocenters. The van der Waals surface area contributed by atoms with Crippen LogP contribution >= 0.6 is 11.6 Å². The highest BCUT2D eigenvalue weighted by Gasteiger charge is 2.18. The van der Waals surface area contributed by atoms with Gasteiger partial charge < -0.3 is 5.32 Å². The van der Waals surface area contributed by atoms with Crippen molar-refractivity contribution >= 4 is 23.1 Å². The molecule has 0 amide bonds. The van der Waals surface area contributed by atoms with E-state index in [1.807, 2.05) is 19.9 Å². The molecule has 104 valence electrons. The number of aromatic nitrogens is 1. The van der Waals surface area contributed by atoms with E-state index >= 15 is 0 Å². The molecule has 0 fully saturated rings. The van der Waals surface area contributed by atoms with Crippen molar-refractivity contribution in [2.24, 2.45) is 0 Å². The number of anilines is 1. The highest BCUT2D eigenvalue weighted by molar-refractivity contribution is 6.31. The molecular formula is C14H14ClN3O2. The number of hydrogen-bond acceptors (Lipinski definition) is 4. The second kappa shape index (κ2) is 5.88. The summed E-state index contributed by atoms with van der Waals surface area (Å²) in [5, 5.41) is 14.7. The lowest BCUT2D eigenvalue weighted by Crippen LogP contribution is -2.02. The largest absolute Gasteiger partial charge is 0.370 e. The maximum absolute atomic E-state index is 11.1. The first-order chi connectivity index (χ1) is 9.52. The first-order valence-electron chi connectivity index (χ1n) is 6.18. The Morgan fingerprint density at radius 2 is 2.10 bits per heavy atom. The number of nitrogens with one attached hydrogen (secondary N) is 1. The van der Waals surface area contributed by atoms with Crippen LogP contribution in [0.5, 0.6) is 0 Å². The number of hydrogen-bond donors (Lipinski definition) is 1. The monoisotopic (exact) mass is 291 g/mol. The van der Waals surface area contributed by atoms with Crippen molar-refractivity contribution < 1.29 is 4.92 Å². The first kappa shape index (κ1) is 14.3. The van der Waals surface area contributed by atoms with Gasteiger partial charge in [0.05, 0.1) is 4.92 Å².